The number of hydrogen-bond donors (Lipinski definition) is 2. The van der Waals surface area contributed by atoms with Crippen LogP contribution >= 0.6 is 0 Å². The Morgan fingerprint density at radius 1 is 0.774 bits per heavy atom. The Kier molecular flexibility index (Phi) is 6.56. The summed E-state index contributed by atoms with van der Waals surface area (Å²) in [6.45, 7) is 5.86. The van der Waals surface area contributed by atoms with E-state index in [0.717, 1.165) is 5.56 Å². The predicted octanol–water partition coefficient (Wildman–Crippen LogP) is 4.30. The highest BCUT2D eigenvalue weighted by Crippen LogP contribution is 2.26. The first kappa shape index (κ1) is 22.6. The van der Waals surface area contributed by atoms with Gasteiger partial charge in [-0.3, -0.25) is 9.44 Å². The molecule has 0 aliphatic heterocycles. The highest BCUT2D eigenvalue weighted by Gasteiger charge is 2.19. The molecule has 9 heteroatoms. The van der Waals surface area contributed by atoms with Crippen molar-refractivity contribution in [3.63, 3.8) is 0 Å². The fourth-order valence-electron chi connectivity index (χ4n) is 2.89. The van der Waals surface area contributed by atoms with E-state index in [1.807, 2.05) is 19.9 Å². The predicted molar refractivity (Wildman–Crippen MR) is 122 cm³/mol. The lowest BCUT2D eigenvalue weighted by atomic mass is 10.2. The third kappa shape index (κ3) is 5.56. The second-order valence-corrected chi connectivity index (χ2v) is 10.3. The van der Waals surface area contributed by atoms with Crippen LogP contribution < -0.4 is 14.2 Å². The highest BCUT2D eigenvalue weighted by molar-refractivity contribution is 7.93. The normalized spacial score (nSPS) is 11.7. The SMILES string of the molecule is CCOc1ccc(S(=O)(=O)Nc2cc(S(=O)(=O)Nc3cccc(C)c3)ccc2C)cc1. The number of sulfonamides is 2. The Balaban J connectivity index is 1.88. The number of anilines is 2. The van der Waals surface area contributed by atoms with Gasteiger partial charge in [0.15, 0.2) is 0 Å². The summed E-state index contributed by atoms with van der Waals surface area (Å²) in [4.78, 5) is -0.00880. The van der Waals surface area contributed by atoms with Crippen LogP contribution in [-0.2, 0) is 20.0 Å². The summed E-state index contributed by atoms with van der Waals surface area (Å²) < 4.78 is 61.5. The van der Waals surface area contributed by atoms with Crippen molar-refractivity contribution < 1.29 is 21.6 Å². The second kappa shape index (κ2) is 8.99. The summed E-state index contributed by atoms with van der Waals surface area (Å²) in [6, 6.07) is 17.3. The molecule has 0 amide bonds. The van der Waals surface area contributed by atoms with Gasteiger partial charge < -0.3 is 4.74 Å². The maximum absolute atomic E-state index is 12.8. The highest BCUT2D eigenvalue weighted by atomic mass is 32.2. The van der Waals surface area contributed by atoms with Crippen molar-refractivity contribution in [2.45, 2.75) is 30.6 Å². The van der Waals surface area contributed by atoms with Crippen LogP contribution in [0.1, 0.15) is 18.1 Å². The Bertz CT molecular complexity index is 1290. The van der Waals surface area contributed by atoms with Crippen molar-refractivity contribution in [3.8, 4) is 5.75 Å². The molecular weight excluding hydrogens is 436 g/mol. The van der Waals surface area contributed by atoms with Gasteiger partial charge in [-0.25, -0.2) is 16.8 Å². The standard InChI is InChI=1S/C22H24N2O5S2/c1-4-29-19-9-12-20(13-10-19)30(25,26)24-22-15-21(11-8-17(22)3)31(27,28)23-18-7-5-6-16(2)14-18/h5-15,23-24H,4H2,1-3H3. The number of ether oxygens (including phenoxy) is 1. The van der Waals surface area contributed by atoms with E-state index in [4.69, 9.17) is 4.74 Å². The van der Waals surface area contributed by atoms with Gasteiger partial charge in [0.05, 0.1) is 22.1 Å². The molecule has 0 saturated carbocycles. The Hall–Kier alpha value is -3.04. The van der Waals surface area contributed by atoms with Crippen molar-refractivity contribution in [3.05, 3.63) is 77.9 Å². The first-order valence-corrected chi connectivity index (χ1v) is 12.5. The first-order valence-electron chi connectivity index (χ1n) is 9.56. The molecule has 7 nitrogen and oxygen atoms in total. The lowest BCUT2D eigenvalue weighted by Crippen LogP contribution is -2.16. The fourth-order valence-corrected chi connectivity index (χ4v) is 5.08. The Morgan fingerprint density at radius 2 is 1.42 bits per heavy atom. The monoisotopic (exact) mass is 460 g/mol. The molecule has 0 spiro atoms. The minimum atomic E-state index is -3.92. The molecule has 0 aliphatic rings. The van der Waals surface area contributed by atoms with E-state index in [1.165, 1.54) is 24.3 Å². The van der Waals surface area contributed by atoms with Crippen LogP contribution in [-0.4, -0.2) is 23.4 Å². The maximum atomic E-state index is 12.8. The van der Waals surface area contributed by atoms with Gasteiger partial charge in [-0.1, -0.05) is 18.2 Å². The zero-order chi connectivity index (χ0) is 22.6. The fraction of sp³-hybridized carbons (Fsp3) is 0.182. The molecule has 164 valence electrons. The van der Waals surface area contributed by atoms with Crippen molar-refractivity contribution in [2.24, 2.45) is 0 Å². The van der Waals surface area contributed by atoms with Crippen LogP contribution in [0.4, 0.5) is 11.4 Å². The van der Waals surface area contributed by atoms with Crippen LogP contribution in [0.25, 0.3) is 0 Å². The molecule has 0 bridgehead atoms. The van der Waals surface area contributed by atoms with Crippen molar-refractivity contribution in [2.75, 3.05) is 16.1 Å². The quantitative estimate of drug-likeness (QED) is 0.522. The van der Waals surface area contributed by atoms with Crippen molar-refractivity contribution >= 4 is 31.4 Å². The van der Waals surface area contributed by atoms with E-state index >= 15 is 0 Å². The van der Waals surface area contributed by atoms with Crippen LogP contribution in [0.3, 0.4) is 0 Å². The molecule has 31 heavy (non-hydrogen) atoms. The van der Waals surface area contributed by atoms with Gasteiger partial charge in [-0.05, 0) is 80.4 Å². The van der Waals surface area contributed by atoms with E-state index in [1.54, 1.807) is 43.3 Å². The Labute approximate surface area is 183 Å². The molecule has 0 aromatic heterocycles. The summed E-state index contributed by atoms with van der Waals surface area (Å²) in [6.07, 6.45) is 0. The van der Waals surface area contributed by atoms with Crippen LogP contribution in [0.2, 0.25) is 0 Å². The van der Waals surface area contributed by atoms with Crippen LogP contribution in [0, 0.1) is 13.8 Å². The average molecular weight is 461 g/mol. The molecule has 3 aromatic rings. The molecule has 3 aromatic carbocycles. The second-order valence-electron chi connectivity index (χ2n) is 6.96. The lowest BCUT2D eigenvalue weighted by molar-refractivity contribution is 0.340. The van der Waals surface area contributed by atoms with Crippen molar-refractivity contribution in [1.29, 1.82) is 0 Å². The third-order valence-corrected chi connectivity index (χ3v) is 7.24. The molecule has 3 rings (SSSR count). The van der Waals surface area contributed by atoms with Gasteiger partial charge in [0, 0.05) is 5.69 Å². The maximum Gasteiger partial charge on any atom is 0.261 e. The van der Waals surface area contributed by atoms with Gasteiger partial charge in [0.25, 0.3) is 20.0 Å². The van der Waals surface area contributed by atoms with Gasteiger partial charge >= 0.3 is 0 Å². The largest absolute Gasteiger partial charge is 0.494 e. The van der Waals surface area contributed by atoms with Gasteiger partial charge in [-0.2, -0.15) is 0 Å². The summed E-state index contributed by atoms with van der Waals surface area (Å²) in [5.74, 6) is 0.563. The minimum Gasteiger partial charge on any atom is -0.494 e. The molecule has 0 fully saturated rings. The molecule has 0 heterocycles. The summed E-state index contributed by atoms with van der Waals surface area (Å²) in [5, 5.41) is 0. The van der Waals surface area contributed by atoms with Gasteiger partial charge in [0.1, 0.15) is 5.75 Å². The number of aryl methyl sites for hydroxylation is 2. The van der Waals surface area contributed by atoms with E-state index in [-0.39, 0.29) is 15.5 Å². The van der Waals surface area contributed by atoms with E-state index in [9.17, 15) is 16.8 Å². The summed E-state index contributed by atoms with van der Waals surface area (Å²) >= 11 is 0. The molecule has 2 N–H and O–H groups in total. The summed E-state index contributed by atoms with van der Waals surface area (Å²) in [7, 11) is -7.82. The van der Waals surface area contributed by atoms with E-state index < -0.39 is 20.0 Å². The third-order valence-electron chi connectivity index (χ3n) is 4.48. The van der Waals surface area contributed by atoms with E-state index in [0.29, 0.717) is 23.6 Å². The smallest absolute Gasteiger partial charge is 0.261 e. The minimum absolute atomic E-state index is 0.0431. The topological polar surface area (TPSA) is 102 Å². The molecule has 0 saturated heterocycles. The molecule has 0 aliphatic carbocycles. The zero-order valence-electron chi connectivity index (χ0n) is 17.4. The number of rotatable bonds is 8. The van der Waals surface area contributed by atoms with E-state index in [2.05, 4.69) is 9.44 Å². The molecule has 0 radical (unpaired) electrons. The van der Waals surface area contributed by atoms with Crippen molar-refractivity contribution in [1.82, 2.24) is 0 Å². The lowest BCUT2D eigenvalue weighted by Gasteiger charge is -2.14. The molecule has 0 unspecified atom stereocenters. The number of hydrogen-bond acceptors (Lipinski definition) is 5. The summed E-state index contributed by atoms with van der Waals surface area (Å²) in [5.41, 5.74) is 2.11. The average Bonchev–Trinajstić information content (AvgIpc) is 2.70. The first-order chi connectivity index (χ1) is 14.6. The number of benzene rings is 3. The number of nitrogens with one attached hydrogen (secondary N) is 2. The van der Waals surface area contributed by atoms with Gasteiger partial charge in [0.2, 0.25) is 0 Å². The zero-order valence-corrected chi connectivity index (χ0v) is 19.0. The van der Waals surface area contributed by atoms with Crippen LogP contribution in [0.5, 0.6) is 5.75 Å². The molecular formula is C22H24N2O5S2. The van der Waals surface area contributed by atoms with Crippen LogP contribution in [0.15, 0.2) is 76.5 Å². The van der Waals surface area contributed by atoms with Gasteiger partial charge in [-0.15, -0.1) is 0 Å². The Morgan fingerprint density at radius 3 is 2.06 bits per heavy atom. The molecule has 0 atom stereocenters.